The van der Waals surface area contributed by atoms with E-state index >= 15 is 0 Å². The van der Waals surface area contributed by atoms with Crippen molar-refractivity contribution in [2.24, 2.45) is 0 Å². The average molecular weight is 312 g/mol. The molecule has 5 heteroatoms. The fourth-order valence-electron chi connectivity index (χ4n) is 2.83. The summed E-state index contributed by atoms with van der Waals surface area (Å²) in [6.45, 7) is 7.59. The topological polar surface area (TPSA) is 52.1 Å². The van der Waals surface area contributed by atoms with Crippen molar-refractivity contribution < 1.29 is 0 Å². The maximum atomic E-state index is 12.5. The zero-order valence-electron chi connectivity index (χ0n) is 12.7. The predicted octanol–water partition coefficient (Wildman–Crippen LogP) is 2.04. The van der Waals surface area contributed by atoms with Crippen LogP contribution in [0.15, 0.2) is 47.4 Å². The van der Waals surface area contributed by atoms with E-state index in [-0.39, 0.29) is 11.6 Å². The van der Waals surface area contributed by atoms with Crippen LogP contribution >= 0.6 is 0 Å². The molecule has 1 aliphatic rings. The van der Waals surface area contributed by atoms with Crippen LogP contribution in [0, 0.1) is 18.4 Å². The Morgan fingerprint density at radius 1 is 1.25 bits per heavy atom. The molecular weight excluding hydrogens is 300 g/mol. The van der Waals surface area contributed by atoms with E-state index in [1.807, 2.05) is 30.3 Å². The van der Waals surface area contributed by atoms with Crippen molar-refractivity contribution in [3.8, 4) is 11.8 Å². The first kappa shape index (κ1) is 14.2. The Morgan fingerprint density at radius 3 is 2.96 bits per heavy atom. The molecule has 1 unspecified atom stereocenters. The van der Waals surface area contributed by atoms with Gasteiger partial charge in [0.05, 0.1) is 17.3 Å². The van der Waals surface area contributed by atoms with Gasteiger partial charge in [0.1, 0.15) is 18.1 Å². The minimum Gasteiger partial charge on any atom is -0.311 e. The highest BCUT2D eigenvalue weighted by molar-refractivity contribution is 5.79. The molecule has 0 saturated carbocycles. The lowest BCUT2D eigenvalue weighted by Gasteiger charge is -2.04. The molecule has 0 saturated heterocycles. The Kier molecular flexibility index (Phi) is 3.33. The molecule has 4 rings (SSSR count). The lowest BCUT2D eigenvalue weighted by atomic mass is 10.1. The van der Waals surface area contributed by atoms with Gasteiger partial charge in [-0.1, -0.05) is 12.0 Å². The summed E-state index contributed by atoms with van der Waals surface area (Å²) < 4.78 is 1.62. The molecule has 1 atom stereocenters. The molecule has 0 bridgehead atoms. The molecule has 0 N–H and O–H groups in total. The zero-order valence-corrected chi connectivity index (χ0v) is 12.7. The predicted molar refractivity (Wildman–Crippen MR) is 90.3 cm³/mol. The monoisotopic (exact) mass is 312 g/mol. The smallest absolute Gasteiger partial charge is 0.261 e. The molecular formula is C19H12N4O. The summed E-state index contributed by atoms with van der Waals surface area (Å²) in [4.78, 5) is 24.8. The fraction of sp³-hybridized carbons (Fsp3) is 0.158. The number of nitrogens with zero attached hydrogens (tertiary/aromatic N) is 4. The summed E-state index contributed by atoms with van der Waals surface area (Å²) >= 11 is 0. The van der Waals surface area contributed by atoms with E-state index in [0.29, 0.717) is 35.4 Å². The van der Waals surface area contributed by atoms with E-state index in [9.17, 15) is 4.79 Å². The van der Waals surface area contributed by atoms with Crippen molar-refractivity contribution in [2.75, 3.05) is 0 Å². The van der Waals surface area contributed by atoms with Crippen LogP contribution in [-0.4, -0.2) is 20.6 Å². The van der Waals surface area contributed by atoms with E-state index in [2.05, 4.69) is 26.7 Å². The standard InChI is InChI=1S/C19H12N4O/c1-20-15-11-18-22-17-10-13(5-7-14-4-2-3-9-21-14)6-8-16(17)19(24)23(18)12-15/h2-4,6,8-10,15H,11-12H2. The summed E-state index contributed by atoms with van der Waals surface area (Å²) in [7, 11) is 0. The largest absolute Gasteiger partial charge is 0.311 e. The molecule has 0 fully saturated rings. The minimum absolute atomic E-state index is 0.0783. The quantitative estimate of drug-likeness (QED) is 0.471. The van der Waals surface area contributed by atoms with Crippen LogP contribution < -0.4 is 5.56 Å². The molecule has 1 aliphatic heterocycles. The lowest BCUT2D eigenvalue weighted by Crippen LogP contribution is -2.21. The third-order valence-electron chi connectivity index (χ3n) is 4.03. The summed E-state index contributed by atoms with van der Waals surface area (Å²) in [5.74, 6) is 6.73. The highest BCUT2D eigenvalue weighted by Crippen LogP contribution is 2.18. The van der Waals surface area contributed by atoms with Crippen LogP contribution in [0.3, 0.4) is 0 Å². The summed E-state index contributed by atoms with van der Waals surface area (Å²) in [6.07, 6.45) is 2.22. The van der Waals surface area contributed by atoms with Gasteiger partial charge in [0.15, 0.2) is 0 Å². The van der Waals surface area contributed by atoms with Crippen molar-refractivity contribution in [2.45, 2.75) is 19.0 Å². The number of pyridine rings is 1. The lowest BCUT2D eigenvalue weighted by molar-refractivity contribution is 0.689. The van der Waals surface area contributed by atoms with Gasteiger partial charge in [-0.3, -0.25) is 9.36 Å². The highest BCUT2D eigenvalue weighted by Gasteiger charge is 2.28. The first-order chi connectivity index (χ1) is 11.7. The molecule has 5 nitrogen and oxygen atoms in total. The van der Waals surface area contributed by atoms with Crippen LogP contribution in [0.25, 0.3) is 15.7 Å². The molecule has 3 heterocycles. The second-order valence-electron chi connectivity index (χ2n) is 5.63. The number of aromatic nitrogens is 3. The Labute approximate surface area is 138 Å². The third-order valence-corrected chi connectivity index (χ3v) is 4.03. The van der Waals surface area contributed by atoms with Crippen LogP contribution in [0.1, 0.15) is 17.1 Å². The fourth-order valence-corrected chi connectivity index (χ4v) is 2.83. The number of fused-ring (bicyclic) bond motifs is 2. The Morgan fingerprint density at radius 2 is 2.17 bits per heavy atom. The van der Waals surface area contributed by atoms with Gasteiger partial charge < -0.3 is 4.85 Å². The van der Waals surface area contributed by atoms with Gasteiger partial charge in [-0.15, -0.1) is 0 Å². The maximum absolute atomic E-state index is 12.5. The minimum atomic E-state index is -0.189. The molecule has 1 aromatic carbocycles. The van der Waals surface area contributed by atoms with E-state index < -0.39 is 0 Å². The highest BCUT2D eigenvalue weighted by atomic mass is 16.1. The third kappa shape index (κ3) is 2.43. The molecule has 24 heavy (non-hydrogen) atoms. The normalized spacial score (nSPS) is 15.4. The van der Waals surface area contributed by atoms with Crippen LogP contribution in [0.4, 0.5) is 0 Å². The molecule has 114 valence electrons. The van der Waals surface area contributed by atoms with E-state index in [1.165, 1.54) is 0 Å². The van der Waals surface area contributed by atoms with Gasteiger partial charge in [0, 0.05) is 11.8 Å². The molecule has 2 aromatic heterocycles. The molecule has 0 aliphatic carbocycles. The Bertz CT molecular complexity index is 1100. The van der Waals surface area contributed by atoms with Crippen molar-refractivity contribution in [3.63, 3.8) is 0 Å². The van der Waals surface area contributed by atoms with E-state index in [4.69, 9.17) is 6.57 Å². The van der Waals surface area contributed by atoms with E-state index in [1.54, 1.807) is 16.8 Å². The summed E-state index contributed by atoms with van der Waals surface area (Å²) in [5.41, 5.74) is 2.03. The first-order valence-electron chi connectivity index (χ1n) is 7.58. The van der Waals surface area contributed by atoms with E-state index in [0.717, 1.165) is 5.56 Å². The second-order valence-corrected chi connectivity index (χ2v) is 5.63. The van der Waals surface area contributed by atoms with Gasteiger partial charge in [0.2, 0.25) is 6.04 Å². The molecule has 0 radical (unpaired) electrons. The number of hydrogen-bond donors (Lipinski definition) is 0. The van der Waals surface area contributed by atoms with Crippen LogP contribution in [0.2, 0.25) is 0 Å². The molecule has 0 amide bonds. The number of rotatable bonds is 0. The molecule has 3 aromatic rings. The Hall–Kier alpha value is -3.44. The molecule has 0 spiro atoms. The van der Waals surface area contributed by atoms with Crippen molar-refractivity contribution >= 4 is 10.9 Å². The maximum Gasteiger partial charge on any atom is 0.261 e. The number of hydrogen-bond acceptors (Lipinski definition) is 3. The van der Waals surface area contributed by atoms with Gasteiger partial charge in [0.25, 0.3) is 5.56 Å². The van der Waals surface area contributed by atoms with Crippen molar-refractivity contribution in [3.05, 3.63) is 81.4 Å². The van der Waals surface area contributed by atoms with Crippen molar-refractivity contribution in [1.82, 2.24) is 14.5 Å². The van der Waals surface area contributed by atoms with Crippen LogP contribution in [0.5, 0.6) is 0 Å². The van der Waals surface area contributed by atoms with Crippen molar-refractivity contribution in [1.29, 1.82) is 0 Å². The first-order valence-corrected chi connectivity index (χ1v) is 7.58. The van der Waals surface area contributed by atoms with Gasteiger partial charge in [-0.2, -0.15) is 0 Å². The zero-order chi connectivity index (χ0) is 16.5. The SMILES string of the molecule is [C-]#[N+]C1Cc2nc3cc(C#Cc4ccccn4)ccc3c(=O)n2C1. The average Bonchev–Trinajstić information content (AvgIpc) is 3.04. The Balaban J connectivity index is 1.78. The second kappa shape index (κ2) is 5.64. The van der Waals surface area contributed by atoms with Gasteiger partial charge in [-0.25, -0.2) is 16.5 Å². The number of benzene rings is 1. The summed E-state index contributed by atoms with van der Waals surface area (Å²) in [5, 5.41) is 0.563. The summed E-state index contributed by atoms with van der Waals surface area (Å²) in [6, 6.07) is 10.8. The van der Waals surface area contributed by atoms with Gasteiger partial charge in [-0.05, 0) is 36.3 Å². The van der Waals surface area contributed by atoms with Gasteiger partial charge >= 0.3 is 0 Å². The van der Waals surface area contributed by atoms with Crippen LogP contribution in [-0.2, 0) is 13.0 Å².